The number of rotatable bonds is 3. The molecular weight excluding hydrogens is 336 g/mol. The fourth-order valence-corrected chi connectivity index (χ4v) is 6.35. The van der Waals surface area contributed by atoms with Gasteiger partial charge in [0, 0.05) is 6.08 Å². The van der Waals surface area contributed by atoms with Crippen LogP contribution >= 0.6 is 0 Å². The molecule has 146 valence electrons. The van der Waals surface area contributed by atoms with Gasteiger partial charge >= 0.3 is 5.97 Å². The Labute approximate surface area is 162 Å². The molecule has 0 amide bonds. The van der Waals surface area contributed by atoms with Gasteiger partial charge in [0.2, 0.25) is 0 Å². The van der Waals surface area contributed by atoms with E-state index in [2.05, 4.69) is 19.9 Å². The van der Waals surface area contributed by atoms with Crippen LogP contribution in [0.3, 0.4) is 0 Å². The van der Waals surface area contributed by atoms with Crippen molar-refractivity contribution in [1.29, 1.82) is 0 Å². The average molecular weight is 369 g/mol. The van der Waals surface area contributed by atoms with E-state index in [9.17, 15) is 9.90 Å². The number of carbonyl (C=O) groups is 1. The number of hydrogen-bond donors (Lipinski definition) is 1. The Morgan fingerprint density at radius 3 is 2.81 bits per heavy atom. The van der Waals surface area contributed by atoms with Gasteiger partial charge in [-0.3, -0.25) is 0 Å². The van der Waals surface area contributed by atoms with E-state index in [0.29, 0.717) is 30.1 Å². The molecule has 1 aromatic carbocycles. The zero-order valence-corrected chi connectivity index (χ0v) is 16.9. The first-order valence-corrected chi connectivity index (χ1v) is 10.7. The van der Waals surface area contributed by atoms with Gasteiger partial charge in [-0.25, -0.2) is 4.79 Å². The van der Waals surface area contributed by atoms with E-state index >= 15 is 0 Å². The van der Waals surface area contributed by atoms with Crippen LogP contribution in [0.5, 0.6) is 5.75 Å². The molecule has 3 aliphatic carbocycles. The van der Waals surface area contributed by atoms with Gasteiger partial charge in [0.05, 0.1) is 6.61 Å². The number of fused-ring (bicyclic) bond motifs is 5. The first kappa shape index (κ1) is 18.6. The van der Waals surface area contributed by atoms with Crippen molar-refractivity contribution in [3.8, 4) is 5.75 Å². The van der Waals surface area contributed by atoms with Crippen LogP contribution < -0.4 is 0 Å². The van der Waals surface area contributed by atoms with Crippen LogP contribution in [0.4, 0.5) is 0 Å². The molecule has 1 N–H and O–H groups in total. The highest BCUT2D eigenvalue weighted by atomic mass is 16.5. The summed E-state index contributed by atoms with van der Waals surface area (Å²) in [5, 5.41) is 10.3. The number of phenolic OH excluding ortho intramolecular Hbond substituents is 1. The number of phenols is 1. The molecule has 0 spiro atoms. The van der Waals surface area contributed by atoms with Crippen LogP contribution in [-0.4, -0.2) is 17.7 Å². The van der Waals surface area contributed by atoms with Gasteiger partial charge in [0.25, 0.3) is 0 Å². The normalized spacial score (nSPS) is 33.3. The van der Waals surface area contributed by atoms with E-state index in [1.807, 2.05) is 13.0 Å². The van der Waals surface area contributed by atoms with Gasteiger partial charge in [0.1, 0.15) is 5.75 Å². The van der Waals surface area contributed by atoms with Crippen molar-refractivity contribution in [2.75, 3.05) is 6.61 Å². The zero-order chi connectivity index (χ0) is 19.2. The predicted octanol–water partition coefficient (Wildman–Crippen LogP) is 5.30. The van der Waals surface area contributed by atoms with E-state index in [4.69, 9.17) is 4.74 Å². The molecule has 0 aromatic heterocycles. The number of hydrogen-bond acceptors (Lipinski definition) is 3. The molecule has 4 rings (SSSR count). The number of carbonyl (C=O) groups excluding carboxylic acids is 1. The molecule has 3 heteroatoms. The van der Waals surface area contributed by atoms with Gasteiger partial charge in [-0.05, 0) is 97.8 Å². The summed E-state index contributed by atoms with van der Waals surface area (Å²) in [7, 11) is 0. The minimum absolute atomic E-state index is 0.149. The first-order valence-electron chi connectivity index (χ1n) is 10.7. The van der Waals surface area contributed by atoms with E-state index in [0.717, 1.165) is 31.2 Å². The fraction of sp³-hybridized carbons (Fsp3) is 0.625. The summed E-state index contributed by atoms with van der Waals surface area (Å²) in [6, 6.07) is 4.31. The number of allylic oxidation sites excluding steroid dienone is 1. The van der Waals surface area contributed by atoms with E-state index < -0.39 is 0 Å². The fourth-order valence-electron chi connectivity index (χ4n) is 6.35. The maximum absolute atomic E-state index is 12.0. The van der Waals surface area contributed by atoms with Gasteiger partial charge in [0.15, 0.2) is 0 Å². The highest BCUT2D eigenvalue weighted by Crippen LogP contribution is 2.63. The number of aromatic hydroxyl groups is 1. The smallest absolute Gasteiger partial charge is 0.330 e. The lowest BCUT2D eigenvalue weighted by atomic mass is 9.55. The molecule has 0 heterocycles. The van der Waals surface area contributed by atoms with Gasteiger partial charge in [-0.15, -0.1) is 0 Å². The second-order valence-corrected chi connectivity index (χ2v) is 8.87. The molecule has 3 aliphatic rings. The summed E-state index contributed by atoms with van der Waals surface area (Å²) >= 11 is 0. The number of benzene rings is 1. The standard InChI is InChI=1S/C24H32O3/c1-4-15-12-20-16(13-22(15)25)6-8-19-18(20)10-11-24(3)17(7-9-21(19)24)14-23(26)27-5-2/h12-14,18-19,21,25H,4-11H2,1-3H3/b17-14+. The van der Waals surface area contributed by atoms with Crippen LogP contribution in [-0.2, 0) is 22.4 Å². The van der Waals surface area contributed by atoms with Crippen molar-refractivity contribution in [1.82, 2.24) is 0 Å². The SMILES string of the molecule is CCOC(=O)/C=C1\CCC2C3CCc4cc(O)c(CC)cc4C3CCC12C. The Kier molecular flexibility index (Phi) is 4.82. The Balaban J connectivity index is 1.64. The third-order valence-corrected chi connectivity index (χ3v) is 7.73. The molecule has 1 aromatic rings. The van der Waals surface area contributed by atoms with Crippen LogP contribution in [0.2, 0.25) is 0 Å². The molecule has 0 aliphatic heterocycles. The van der Waals surface area contributed by atoms with Crippen molar-refractivity contribution in [2.45, 2.75) is 71.6 Å². The quantitative estimate of drug-likeness (QED) is 0.582. The molecule has 0 bridgehead atoms. The monoisotopic (exact) mass is 368 g/mol. The number of ether oxygens (including phenoxy) is 1. The van der Waals surface area contributed by atoms with Gasteiger partial charge in [-0.1, -0.05) is 25.5 Å². The summed E-state index contributed by atoms with van der Waals surface area (Å²) in [6.07, 6.45) is 9.50. The summed E-state index contributed by atoms with van der Waals surface area (Å²) < 4.78 is 5.18. The molecule has 4 unspecified atom stereocenters. The second-order valence-electron chi connectivity index (χ2n) is 8.87. The zero-order valence-electron chi connectivity index (χ0n) is 16.9. The summed E-state index contributed by atoms with van der Waals surface area (Å²) in [6.45, 7) is 6.80. The average Bonchev–Trinajstić information content (AvgIpc) is 2.97. The lowest BCUT2D eigenvalue weighted by molar-refractivity contribution is -0.137. The predicted molar refractivity (Wildman–Crippen MR) is 107 cm³/mol. The second kappa shape index (κ2) is 7.00. The van der Waals surface area contributed by atoms with E-state index in [1.165, 1.54) is 36.0 Å². The number of aryl methyl sites for hydroxylation is 2. The molecular formula is C24H32O3. The Morgan fingerprint density at radius 2 is 2.07 bits per heavy atom. The third-order valence-electron chi connectivity index (χ3n) is 7.73. The first-order chi connectivity index (χ1) is 13.0. The van der Waals surface area contributed by atoms with E-state index in [1.54, 1.807) is 6.08 Å². The topological polar surface area (TPSA) is 46.5 Å². The molecule has 0 saturated heterocycles. The molecule has 4 atom stereocenters. The minimum atomic E-state index is -0.173. The van der Waals surface area contributed by atoms with Crippen LogP contribution in [0.1, 0.15) is 75.5 Å². The molecule has 2 saturated carbocycles. The summed E-state index contributed by atoms with van der Waals surface area (Å²) in [5.74, 6) is 2.26. The maximum atomic E-state index is 12.0. The molecule has 0 radical (unpaired) electrons. The Bertz CT molecular complexity index is 778. The van der Waals surface area contributed by atoms with Crippen molar-refractivity contribution >= 4 is 5.97 Å². The highest BCUT2D eigenvalue weighted by Gasteiger charge is 2.52. The molecule has 27 heavy (non-hydrogen) atoms. The van der Waals surface area contributed by atoms with Crippen molar-refractivity contribution in [3.05, 3.63) is 40.5 Å². The van der Waals surface area contributed by atoms with Crippen LogP contribution in [0.25, 0.3) is 0 Å². The molecule has 3 nitrogen and oxygen atoms in total. The third kappa shape index (κ3) is 2.99. The maximum Gasteiger partial charge on any atom is 0.330 e. The summed E-state index contributed by atoms with van der Waals surface area (Å²) in [5.41, 5.74) is 5.39. The Hall–Kier alpha value is -1.77. The van der Waals surface area contributed by atoms with Crippen LogP contribution in [0, 0.1) is 17.3 Å². The van der Waals surface area contributed by atoms with Crippen molar-refractivity contribution < 1.29 is 14.6 Å². The lowest BCUT2D eigenvalue weighted by Crippen LogP contribution is -2.40. The van der Waals surface area contributed by atoms with Gasteiger partial charge < -0.3 is 9.84 Å². The Morgan fingerprint density at radius 1 is 1.26 bits per heavy atom. The van der Waals surface area contributed by atoms with E-state index in [-0.39, 0.29) is 11.4 Å². The van der Waals surface area contributed by atoms with Crippen molar-refractivity contribution in [2.24, 2.45) is 17.3 Å². The molecule has 2 fully saturated rings. The van der Waals surface area contributed by atoms with Gasteiger partial charge in [-0.2, -0.15) is 0 Å². The summed E-state index contributed by atoms with van der Waals surface area (Å²) in [4.78, 5) is 12.0. The highest BCUT2D eigenvalue weighted by molar-refractivity contribution is 5.83. The minimum Gasteiger partial charge on any atom is -0.508 e. The van der Waals surface area contributed by atoms with Crippen molar-refractivity contribution in [3.63, 3.8) is 0 Å². The number of esters is 1. The largest absolute Gasteiger partial charge is 0.508 e. The lowest BCUT2D eigenvalue weighted by Gasteiger charge is -2.49. The van der Waals surface area contributed by atoms with Crippen LogP contribution in [0.15, 0.2) is 23.8 Å².